The smallest absolute Gasteiger partial charge is 0.328 e. The quantitative estimate of drug-likeness (QED) is 0.821. The number of hydrogen-bond donors (Lipinski definition) is 1. The Labute approximate surface area is 106 Å². The molecule has 0 aliphatic rings. The summed E-state index contributed by atoms with van der Waals surface area (Å²) in [6.45, 7) is 2.03. The van der Waals surface area contributed by atoms with Crippen molar-refractivity contribution < 1.29 is 13.2 Å². The van der Waals surface area contributed by atoms with Crippen molar-refractivity contribution in [1.82, 2.24) is 0 Å². The average Bonchev–Trinajstić information content (AvgIpc) is 2.26. The molecule has 0 saturated carbocycles. The lowest BCUT2D eigenvalue weighted by Gasteiger charge is -2.13. The van der Waals surface area contributed by atoms with Crippen LogP contribution in [0.1, 0.15) is 36.8 Å². The maximum absolute atomic E-state index is 12.0. The van der Waals surface area contributed by atoms with Gasteiger partial charge in [0.05, 0.1) is 0 Å². The molecule has 0 saturated heterocycles. The number of benzene rings is 1. The van der Waals surface area contributed by atoms with Gasteiger partial charge in [0, 0.05) is 12.5 Å². The van der Waals surface area contributed by atoms with Crippen molar-refractivity contribution in [3.63, 3.8) is 0 Å². The molecule has 1 unspecified atom stereocenters. The second-order valence-corrected chi connectivity index (χ2v) is 4.73. The van der Waals surface area contributed by atoms with Crippen molar-refractivity contribution in [1.29, 1.82) is 0 Å². The molecule has 1 aromatic rings. The number of rotatable bonds is 6. The molecule has 0 fully saturated rings. The molecule has 1 aromatic carbocycles. The van der Waals surface area contributed by atoms with Crippen LogP contribution in [-0.4, -0.2) is 12.2 Å². The van der Waals surface area contributed by atoms with Crippen LogP contribution in [0.3, 0.4) is 0 Å². The first-order chi connectivity index (χ1) is 8.38. The summed E-state index contributed by atoms with van der Waals surface area (Å²) in [5.74, 6) is 0. The van der Waals surface area contributed by atoms with E-state index in [-0.39, 0.29) is 12.5 Å². The van der Waals surface area contributed by atoms with Crippen molar-refractivity contribution in [3.8, 4) is 0 Å². The van der Waals surface area contributed by atoms with Crippen LogP contribution in [0, 0.1) is 6.92 Å². The molecule has 1 rings (SSSR count). The third-order valence-electron chi connectivity index (χ3n) is 3.08. The van der Waals surface area contributed by atoms with Gasteiger partial charge in [-0.2, -0.15) is 13.2 Å². The van der Waals surface area contributed by atoms with E-state index in [2.05, 4.69) is 0 Å². The Hall–Kier alpha value is -1.03. The summed E-state index contributed by atoms with van der Waals surface area (Å²) >= 11 is 0. The molecule has 102 valence electrons. The van der Waals surface area contributed by atoms with Gasteiger partial charge in [0.2, 0.25) is 0 Å². The minimum atomic E-state index is -4.06. The summed E-state index contributed by atoms with van der Waals surface area (Å²) in [6.07, 6.45) is -2.66. The summed E-state index contributed by atoms with van der Waals surface area (Å²) in [5, 5.41) is 0. The Morgan fingerprint density at radius 1 is 1.17 bits per heavy atom. The Balaban J connectivity index is 2.25. The van der Waals surface area contributed by atoms with E-state index in [1.54, 1.807) is 0 Å². The fraction of sp³-hybridized carbons (Fsp3) is 0.571. The second-order valence-electron chi connectivity index (χ2n) is 4.73. The molecule has 0 aliphatic heterocycles. The van der Waals surface area contributed by atoms with E-state index in [9.17, 15) is 13.2 Å². The number of alkyl halides is 3. The van der Waals surface area contributed by atoms with Gasteiger partial charge in [0.1, 0.15) is 0 Å². The largest absolute Gasteiger partial charge is 0.389 e. The van der Waals surface area contributed by atoms with Gasteiger partial charge in [-0.05, 0) is 43.7 Å². The second kappa shape index (κ2) is 6.78. The summed E-state index contributed by atoms with van der Waals surface area (Å²) in [4.78, 5) is 0. The Kier molecular flexibility index (Phi) is 5.66. The molecule has 0 spiro atoms. The molecule has 0 amide bonds. The van der Waals surface area contributed by atoms with E-state index in [0.29, 0.717) is 6.42 Å². The van der Waals surface area contributed by atoms with Crippen molar-refractivity contribution in [3.05, 3.63) is 35.4 Å². The van der Waals surface area contributed by atoms with E-state index < -0.39 is 12.6 Å². The first-order valence-corrected chi connectivity index (χ1v) is 6.25. The van der Waals surface area contributed by atoms with Gasteiger partial charge in [-0.25, -0.2) is 0 Å². The highest BCUT2D eigenvalue weighted by molar-refractivity contribution is 5.25. The van der Waals surface area contributed by atoms with Crippen LogP contribution >= 0.6 is 0 Å². The van der Waals surface area contributed by atoms with E-state index in [0.717, 1.165) is 12.8 Å². The lowest BCUT2D eigenvalue weighted by Crippen LogP contribution is -2.21. The predicted molar refractivity (Wildman–Crippen MR) is 67.4 cm³/mol. The molecule has 0 heterocycles. The topological polar surface area (TPSA) is 26.0 Å². The molecule has 18 heavy (non-hydrogen) atoms. The Bertz CT molecular complexity index is 360. The number of hydrogen-bond acceptors (Lipinski definition) is 1. The average molecular weight is 259 g/mol. The lowest BCUT2D eigenvalue weighted by molar-refractivity contribution is -0.135. The van der Waals surface area contributed by atoms with Crippen molar-refractivity contribution in [2.75, 3.05) is 0 Å². The van der Waals surface area contributed by atoms with Gasteiger partial charge in [-0.1, -0.05) is 24.3 Å². The van der Waals surface area contributed by atoms with Crippen LogP contribution < -0.4 is 5.73 Å². The maximum Gasteiger partial charge on any atom is 0.389 e. The monoisotopic (exact) mass is 259 g/mol. The van der Waals surface area contributed by atoms with E-state index >= 15 is 0 Å². The number of nitrogens with two attached hydrogens (primary N) is 1. The lowest BCUT2D eigenvalue weighted by atomic mass is 9.99. The van der Waals surface area contributed by atoms with Crippen LogP contribution in [-0.2, 0) is 6.42 Å². The zero-order valence-electron chi connectivity index (χ0n) is 10.6. The standard InChI is InChI=1S/C14H20F3N/c1-11-5-2-3-6-12(11)8-9-13(18)7-4-10-14(15,16)17/h2-3,5-6,13H,4,7-10,18H2,1H3. The third-order valence-corrected chi connectivity index (χ3v) is 3.08. The van der Waals surface area contributed by atoms with E-state index in [1.165, 1.54) is 11.1 Å². The third kappa shape index (κ3) is 6.05. The van der Waals surface area contributed by atoms with Gasteiger partial charge in [0.15, 0.2) is 0 Å². The molecule has 0 radical (unpaired) electrons. The van der Waals surface area contributed by atoms with Gasteiger partial charge < -0.3 is 5.73 Å². The predicted octanol–water partition coefficient (Wildman–Crippen LogP) is 3.99. The first-order valence-electron chi connectivity index (χ1n) is 6.25. The molecule has 1 atom stereocenters. The highest BCUT2D eigenvalue weighted by Crippen LogP contribution is 2.23. The van der Waals surface area contributed by atoms with Gasteiger partial charge >= 0.3 is 6.18 Å². The minimum Gasteiger partial charge on any atom is -0.328 e. The van der Waals surface area contributed by atoms with E-state index in [4.69, 9.17) is 5.73 Å². The van der Waals surface area contributed by atoms with Crippen LogP contribution in [0.15, 0.2) is 24.3 Å². The molecule has 0 bridgehead atoms. The number of halogens is 3. The van der Waals surface area contributed by atoms with Crippen LogP contribution in [0.5, 0.6) is 0 Å². The minimum absolute atomic E-state index is 0.123. The highest BCUT2D eigenvalue weighted by atomic mass is 19.4. The van der Waals surface area contributed by atoms with Crippen molar-refractivity contribution in [2.24, 2.45) is 5.73 Å². The Morgan fingerprint density at radius 2 is 1.83 bits per heavy atom. The molecular weight excluding hydrogens is 239 g/mol. The number of aryl methyl sites for hydroxylation is 2. The summed E-state index contributed by atoms with van der Waals surface area (Å²) in [5.41, 5.74) is 8.27. The fourth-order valence-electron chi connectivity index (χ4n) is 1.94. The van der Waals surface area contributed by atoms with Crippen molar-refractivity contribution >= 4 is 0 Å². The summed E-state index contributed by atoms with van der Waals surface area (Å²) in [6, 6.07) is 7.87. The SMILES string of the molecule is Cc1ccccc1CCC(N)CCCC(F)(F)F. The highest BCUT2D eigenvalue weighted by Gasteiger charge is 2.26. The van der Waals surface area contributed by atoms with Crippen LogP contribution in [0.2, 0.25) is 0 Å². The van der Waals surface area contributed by atoms with Crippen LogP contribution in [0.4, 0.5) is 13.2 Å². The normalized spacial score (nSPS) is 13.6. The fourth-order valence-corrected chi connectivity index (χ4v) is 1.94. The molecule has 1 nitrogen and oxygen atoms in total. The van der Waals surface area contributed by atoms with Crippen molar-refractivity contribution in [2.45, 2.75) is 51.2 Å². The van der Waals surface area contributed by atoms with Gasteiger partial charge in [-0.15, -0.1) is 0 Å². The van der Waals surface area contributed by atoms with Gasteiger partial charge in [-0.3, -0.25) is 0 Å². The zero-order chi connectivity index (χ0) is 13.6. The molecular formula is C14H20F3N. The molecule has 4 heteroatoms. The van der Waals surface area contributed by atoms with E-state index in [1.807, 2.05) is 31.2 Å². The summed E-state index contributed by atoms with van der Waals surface area (Å²) in [7, 11) is 0. The Morgan fingerprint density at radius 3 is 2.44 bits per heavy atom. The summed E-state index contributed by atoms with van der Waals surface area (Å²) < 4.78 is 35.9. The maximum atomic E-state index is 12.0. The van der Waals surface area contributed by atoms with Crippen LogP contribution in [0.25, 0.3) is 0 Å². The zero-order valence-corrected chi connectivity index (χ0v) is 10.6. The first kappa shape index (κ1) is 15.0. The molecule has 0 aromatic heterocycles. The molecule has 2 N–H and O–H groups in total. The molecule has 0 aliphatic carbocycles. The van der Waals surface area contributed by atoms with Gasteiger partial charge in [0.25, 0.3) is 0 Å².